The summed E-state index contributed by atoms with van der Waals surface area (Å²) in [5.41, 5.74) is 0. The van der Waals surface area contributed by atoms with Gasteiger partial charge in [-0.25, -0.2) is 0 Å². The highest BCUT2D eigenvalue weighted by atomic mass is 16.7. The van der Waals surface area contributed by atoms with Crippen molar-refractivity contribution in [1.29, 1.82) is 0 Å². The summed E-state index contributed by atoms with van der Waals surface area (Å²) in [6.07, 6.45) is 13.3. The van der Waals surface area contributed by atoms with E-state index < -0.39 is 0 Å². The maximum Gasteiger partial charge on any atom is 0.189 e. The Morgan fingerprint density at radius 3 is 2.26 bits per heavy atom. The highest BCUT2D eigenvalue weighted by molar-refractivity contribution is 5.69. The summed E-state index contributed by atoms with van der Waals surface area (Å²) in [7, 11) is 0. The van der Waals surface area contributed by atoms with Gasteiger partial charge in [-0.1, -0.05) is 58.8 Å². The fourth-order valence-corrected chi connectivity index (χ4v) is 1.76. The number of allylic oxidation sites excluding steroid dienone is 2. The topological polar surface area (TPSA) is 35.5 Å². The van der Waals surface area contributed by atoms with Crippen LogP contribution in [-0.4, -0.2) is 19.7 Å². The van der Waals surface area contributed by atoms with Crippen LogP contribution < -0.4 is 0 Å². The van der Waals surface area contributed by atoms with Crippen LogP contribution in [0.3, 0.4) is 0 Å². The smallest absolute Gasteiger partial charge is 0.189 e. The molecule has 0 aliphatic carbocycles. The van der Waals surface area contributed by atoms with Crippen molar-refractivity contribution in [3.05, 3.63) is 11.8 Å². The molecule has 0 aromatic heterocycles. The van der Waals surface area contributed by atoms with Gasteiger partial charge in [-0.15, -0.1) is 0 Å². The monoisotopic (exact) mass is 270 g/mol. The van der Waals surface area contributed by atoms with Crippen molar-refractivity contribution in [1.82, 2.24) is 0 Å². The van der Waals surface area contributed by atoms with Crippen molar-refractivity contribution in [2.75, 3.05) is 13.4 Å². The number of carbonyl (C=O) groups excluding carboxylic acids is 1. The Morgan fingerprint density at radius 1 is 0.947 bits per heavy atom. The predicted molar refractivity (Wildman–Crippen MR) is 79.0 cm³/mol. The van der Waals surface area contributed by atoms with Gasteiger partial charge in [-0.2, -0.15) is 0 Å². The van der Waals surface area contributed by atoms with Crippen LogP contribution in [0.5, 0.6) is 0 Å². The van der Waals surface area contributed by atoms with Gasteiger partial charge in [0.2, 0.25) is 0 Å². The van der Waals surface area contributed by atoms with E-state index in [1.165, 1.54) is 38.5 Å². The summed E-state index contributed by atoms with van der Waals surface area (Å²) in [6, 6.07) is 0. The Labute approximate surface area is 118 Å². The van der Waals surface area contributed by atoms with Crippen molar-refractivity contribution < 1.29 is 14.3 Å². The van der Waals surface area contributed by atoms with E-state index in [0.717, 1.165) is 25.5 Å². The lowest BCUT2D eigenvalue weighted by Gasteiger charge is -2.06. The Hall–Kier alpha value is -0.830. The highest BCUT2D eigenvalue weighted by Gasteiger charge is 1.96. The quantitative estimate of drug-likeness (QED) is 0.152. The highest BCUT2D eigenvalue weighted by Crippen LogP contribution is 2.07. The van der Waals surface area contributed by atoms with Crippen molar-refractivity contribution in [3.63, 3.8) is 0 Å². The van der Waals surface area contributed by atoms with E-state index in [4.69, 9.17) is 9.47 Å². The number of unbranched alkanes of at least 4 members (excludes halogenated alkanes) is 7. The molecule has 3 heteroatoms. The third-order valence-electron chi connectivity index (χ3n) is 2.95. The maximum absolute atomic E-state index is 10.7. The van der Waals surface area contributed by atoms with Gasteiger partial charge in [-0.3, -0.25) is 4.79 Å². The van der Waals surface area contributed by atoms with Crippen LogP contribution in [0.15, 0.2) is 11.8 Å². The number of aldehydes is 1. The van der Waals surface area contributed by atoms with Gasteiger partial charge in [0.15, 0.2) is 18.8 Å². The standard InChI is InChI=1S/C16H30O3/c1-3-5-7-8-9-10-11-13-18-15-19-16(14-17)12-6-4-2/h12,14H,3-11,13,15H2,1-2H3/b16-12+. The van der Waals surface area contributed by atoms with Crippen molar-refractivity contribution in [2.24, 2.45) is 0 Å². The molecule has 3 nitrogen and oxygen atoms in total. The van der Waals surface area contributed by atoms with Gasteiger partial charge in [0.1, 0.15) is 0 Å². The first-order valence-corrected chi connectivity index (χ1v) is 7.71. The summed E-state index contributed by atoms with van der Waals surface area (Å²) in [6.45, 7) is 5.20. The molecule has 19 heavy (non-hydrogen) atoms. The Morgan fingerprint density at radius 2 is 1.63 bits per heavy atom. The number of hydrogen-bond donors (Lipinski definition) is 0. The van der Waals surface area contributed by atoms with E-state index in [0.29, 0.717) is 12.4 Å². The molecule has 0 unspecified atom stereocenters. The molecule has 0 atom stereocenters. The van der Waals surface area contributed by atoms with Crippen LogP contribution in [0.1, 0.15) is 71.6 Å². The first-order chi connectivity index (χ1) is 9.35. The molecular weight excluding hydrogens is 240 g/mol. The molecule has 0 aromatic carbocycles. The van der Waals surface area contributed by atoms with Gasteiger partial charge >= 0.3 is 0 Å². The molecule has 0 aliphatic heterocycles. The Kier molecular flexibility index (Phi) is 14.6. The SMILES string of the molecule is CCC/C=C(\C=O)OCOCCCCCCCCC. The Bertz CT molecular complexity index is 224. The first kappa shape index (κ1) is 18.2. The van der Waals surface area contributed by atoms with Crippen LogP contribution in [0.25, 0.3) is 0 Å². The average Bonchev–Trinajstić information content (AvgIpc) is 2.44. The van der Waals surface area contributed by atoms with Crippen LogP contribution in [0.4, 0.5) is 0 Å². The third kappa shape index (κ3) is 13.4. The minimum Gasteiger partial charge on any atom is -0.464 e. The third-order valence-corrected chi connectivity index (χ3v) is 2.95. The summed E-state index contributed by atoms with van der Waals surface area (Å²) in [5, 5.41) is 0. The van der Waals surface area contributed by atoms with Crippen LogP contribution >= 0.6 is 0 Å². The van der Waals surface area contributed by atoms with Crippen molar-refractivity contribution >= 4 is 6.29 Å². The van der Waals surface area contributed by atoms with Gasteiger partial charge in [0.05, 0.1) is 6.61 Å². The lowest BCUT2D eigenvalue weighted by atomic mass is 10.1. The average molecular weight is 270 g/mol. The lowest BCUT2D eigenvalue weighted by molar-refractivity contribution is -0.111. The van der Waals surface area contributed by atoms with E-state index in [2.05, 4.69) is 13.8 Å². The second-order valence-corrected chi connectivity index (χ2v) is 4.80. The molecule has 0 heterocycles. The minimum absolute atomic E-state index is 0.185. The molecule has 0 fully saturated rings. The molecule has 0 saturated carbocycles. The molecule has 0 aromatic rings. The molecule has 0 rings (SSSR count). The zero-order valence-electron chi connectivity index (χ0n) is 12.7. The molecular formula is C16H30O3. The Balaban J connectivity index is 3.27. The molecule has 0 amide bonds. The van der Waals surface area contributed by atoms with Gasteiger partial charge in [0.25, 0.3) is 0 Å². The summed E-state index contributed by atoms with van der Waals surface area (Å²) in [4.78, 5) is 10.7. The van der Waals surface area contributed by atoms with Crippen molar-refractivity contribution in [3.8, 4) is 0 Å². The molecule has 0 spiro atoms. The molecule has 0 radical (unpaired) electrons. The van der Waals surface area contributed by atoms with E-state index >= 15 is 0 Å². The first-order valence-electron chi connectivity index (χ1n) is 7.71. The largest absolute Gasteiger partial charge is 0.464 e. The number of hydrogen-bond acceptors (Lipinski definition) is 3. The molecule has 0 bridgehead atoms. The van der Waals surface area contributed by atoms with Crippen LogP contribution in [-0.2, 0) is 14.3 Å². The molecule has 0 aliphatic rings. The van der Waals surface area contributed by atoms with Gasteiger partial charge in [0, 0.05) is 0 Å². The second kappa shape index (κ2) is 15.2. The summed E-state index contributed by atoms with van der Waals surface area (Å²) in [5.74, 6) is 0.390. The summed E-state index contributed by atoms with van der Waals surface area (Å²) < 4.78 is 10.6. The van der Waals surface area contributed by atoms with Gasteiger partial charge < -0.3 is 9.47 Å². The van der Waals surface area contributed by atoms with E-state index in [1.807, 2.05) is 6.08 Å². The fourth-order valence-electron chi connectivity index (χ4n) is 1.76. The minimum atomic E-state index is 0.185. The zero-order valence-corrected chi connectivity index (χ0v) is 12.7. The zero-order chi connectivity index (χ0) is 14.2. The fraction of sp³-hybridized carbons (Fsp3) is 0.812. The number of carbonyl (C=O) groups is 1. The van der Waals surface area contributed by atoms with E-state index in [1.54, 1.807) is 0 Å². The van der Waals surface area contributed by atoms with E-state index in [-0.39, 0.29) is 6.79 Å². The number of rotatable bonds is 14. The molecule has 112 valence electrons. The van der Waals surface area contributed by atoms with E-state index in [9.17, 15) is 4.79 Å². The van der Waals surface area contributed by atoms with Crippen LogP contribution in [0, 0.1) is 0 Å². The van der Waals surface area contributed by atoms with Crippen molar-refractivity contribution in [2.45, 2.75) is 71.6 Å². The summed E-state index contributed by atoms with van der Waals surface area (Å²) >= 11 is 0. The van der Waals surface area contributed by atoms with Crippen LogP contribution in [0.2, 0.25) is 0 Å². The normalized spacial score (nSPS) is 11.6. The number of ether oxygens (including phenoxy) is 2. The molecule has 0 N–H and O–H groups in total. The van der Waals surface area contributed by atoms with Gasteiger partial charge in [-0.05, 0) is 18.9 Å². The lowest BCUT2D eigenvalue weighted by Crippen LogP contribution is -2.02. The predicted octanol–water partition coefficient (Wildman–Crippen LogP) is 4.61. The molecule has 0 saturated heterocycles. The second-order valence-electron chi connectivity index (χ2n) is 4.80. The maximum atomic E-state index is 10.7.